The Balaban J connectivity index is 1.67. The van der Waals surface area contributed by atoms with Crippen molar-refractivity contribution in [3.63, 3.8) is 0 Å². The molecule has 2 aromatic rings. The quantitative estimate of drug-likeness (QED) is 0.901. The number of benzene rings is 1. The van der Waals surface area contributed by atoms with Crippen molar-refractivity contribution in [2.75, 3.05) is 13.1 Å². The first kappa shape index (κ1) is 13.9. The van der Waals surface area contributed by atoms with Gasteiger partial charge >= 0.3 is 0 Å². The second kappa shape index (κ2) is 6.61. The Hall–Kier alpha value is -1.03. The molecule has 0 spiro atoms. The molecule has 1 aromatic heterocycles. The highest BCUT2D eigenvalue weighted by Crippen LogP contribution is 2.32. The largest absolute Gasteiger partial charge is 0.488 e. The van der Waals surface area contributed by atoms with E-state index >= 15 is 0 Å². The lowest BCUT2D eigenvalue weighted by molar-refractivity contribution is 0.307. The number of halogens is 1. The first-order valence-corrected chi connectivity index (χ1v) is 8.24. The maximum absolute atomic E-state index is 5.97. The molecule has 0 unspecified atom stereocenters. The molecule has 1 fully saturated rings. The standard InChI is InChI=1S/C16H18ClNOS/c17-13-2-1-3-14(10-13)19-11-16-15(6-9-20-16)12-4-7-18-8-5-12/h1-3,6,9-10,12,18H,4-5,7-8,11H2. The Morgan fingerprint density at radius 1 is 1.25 bits per heavy atom. The van der Waals surface area contributed by atoms with E-state index in [0.29, 0.717) is 17.5 Å². The van der Waals surface area contributed by atoms with Gasteiger partial charge in [0.05, 0.1) is 0 Å². The van der Waals surface area contributed by atoms with Crippen LogP contribution in [0.5, 0.6) is 5.75 Å². The lowest BCUT2D eigenvalue weighted by Gasteiger charge is -2.23. The molecule has 0 aliphatic carbocycles. The summed E-state index contributed by atoms with van der Waals surface area (Å²) < 4.78 is 5.87. The van der Waals surface area contributed by atoms with Gasteiger partial charge in [0.15, 0.2) is 0 Å². The third-order valence-electron chi connectivity index (χ3n) is 3.72. The van der Waals surface area contributed by atoms with Gasteiger partial charge in [0.2, 0.25) is 0 Å². The minimum Gasteiger partial charge on any atom is -0.488 e. The van der Waals surface area contributed by atoms with Crippen molar-refractivity contribution in [3.05, 3.63) is 51.2 Å². The van der Waals surface area contributed by atoms with Crippen LogP contribution in [0.2, 0.25) is 5.02 Å². The van der Waals surface area contributed by atoms with E-state index in [-0.39, 0.29) is 0 Å². The van der Waals surface area contributed by atoms with Crippen LogP contribution in [0.1, 0.15) is 29.2 Å². The fourth-order valence-corrected chi connectivity index (χ4v) is 3.73. The molecule has 1 aliphatic rings. The van der Waals surface area contributed by atoms with Crippen LogP contribution in [0.4, 0.5) is 0 Å². The molecular weight excluding hydrogens is 290 g/mol. The van der Waals surface area contributed by atoms with Crippen molar-refractivity contribution in [1.82, 2.24) is 5.32 Å². The van der Waals surface area contributed by atoms with Crippen LogP contribution in [0.3, 0.4) is 0 Å². The summed E-state index contributed by atoms with van der Waals surface area (Å²) in [5, 5.41) is 6.31. The van der Waals surface area contributed by atoms with Gasteiger partial charge in [-0.1, -0.05) is 17.7 Å². The maximum atomic E-state index is 5.97. The maximum Gasteiger partial charge on any atom is 0.123 e. The predicted octanol–water partition coefficient (Wildman–Crippen LogP) is 4.45. The van der Waals surface area contributed by atoms with Crippen molar-refractivity contribution in [1.29, 1.82) is 0 Å². The normalized spacial score (nSPS) is 16.2. The molecule has 1 aromatic carbocycles. The molecule has 20 heavy (non-hydrogen) atoms. The van der Waals surface area contributed by atoms with E-state index in [4.69, 9.17) is 16.3 Å². The first-order chi connectivity index (χ1) is 9.83. The van der Waals surface area contributed by atoms with Crippen LogP contribution in [0.15, 0.2) is 35.7 Å². The zero-order valence-electron chi connectivity index (χ0n) is 11.3. The highest BCUT2D eigenvalue weighted by Gasteiger charge is 2.19. The summed E-state index contributed by atoms with van der Waals surface area (Å²) in [5.41, 5.74) is 1.47. The van der Waals surface area contributed by atoms with E-state index in [9.17, 15) is 0 Å². The van der Waals surface area contributed by atoms with Gasteiger partial charge in [0.25, 0.3) is 0 Å². The number of rotatable bonds is 4. The van der Waals surface area contributed by atoms with E-state index in [1.807, 2.05) is 24.3 Å². The fourth-order valence-electron chi connectivity index (χ4n) is 2.67. The average molecular weight is 308 g/mol. The number of nitrogens with one attached hydrogen (secondary N) is 1. The number of ether oxygens (including phenoxy) is 1. The third-order valence-corrected chi connectivity index (χ3v) is 4.87. The summed E-state index contributed by atoms with van der Waals surface area (Å²) in [6, 6.07) is 9.85. The summed E-state index contributed by atoms with van der Waals surface area (Å²) >= 11 is 7.76. The molecule has 4 heteroatoms. The third kappa shape index (κ3) is 3.35. The van der Waals surface area contributed by atoms with Crippen LogP contribution in [0.25, 0.3) is 0 Å². The van der Waals surface area contributed by atoms with Gasteiger partial charge in [-0.25, -0.2) is 0 Å². The average Bonchev–Trinajstić information content (AvgIpc) is 2.95. The second-order valence-corrected chi connectivity index (χ2v) is 6.51. The van der Waals surface area contributed by atoms with E-state index < -0.39 is 0 Å². The summed E-state index contributed by atoms with van der Waals surface area (Å²) in [6.45, 7) is 2.88. The van der Waals surface area contributed by atoms with Crippen molar-refractivity contribution in [3.8, 4) is 5.75 Å². The topological polar surface area (TPSA) is 21.3 Å². The molecule has 0 bridgehead atoms. The van der Waals surface area contributed by atoms with Crippen molar-refractivity contribution >= 4 is 22.9 Å². The minimum absolute atomic E-state index is 0.636. The highest BCUT2D eigenvalue weighted by molar-refractivity contribution is 7.10. The Morgan fingerprint density at radius 2 is 2.10 bits per heavy atom. The SMILES string of the molecule is Clc1cccc(OCc2sccc2C2CCNCC2)c1. The molecule has 1 N–H and O–H groups in total. The van der Waals surface area contributed by atoms with Gasteiger partial charge in [0.1, 0.15) is 12.4 Å². The summed E-state index contributed by atoms with van der Waals surface area (Å²) in [5.74, 6) is 1.52. The molecular formula is C16H18ClNOS. The summed E-state index contributed by atoms with van der Waals surface area (Å²) in [4.78, 5) is 1.34. The van der Waals surface area contributed by atoms with Crippen molar-refractivity contribution < 1.29 is 4.74 Å². The molecule has 3 rings (SSSR count). The van der Waals surface area contributed by atoms with Crippen LogP contribution < -0.4 is 10.1 Å². The highest BCUT2D eigenvalue weighted by atomic mass is 35.5. The molecule has 0 atom stereocenters. The van der Waals surface area contributed by atoms with Crippen molar-refractivity contribution in [2.45, 2.75) is 25.4 Å². The Morgan fingerprint density at radius 3 is 2.90 bits per heavy atom. The molecule has 0 saturated carbocycles. The summed E-state index contributed by atoms with van der Waals surface area (Å²) in [7, 11) is 0. The number of thiophene rings is 1. The molecule has 2 nitrogen and oxygen atoms in total. The fraction of sp³-hybridized carbons (Fsp3) is 0.375. The molecule has 0 radical (unpaired) electrons. The first-order valence-electron chi connectivity index (χ1n) is 6.98. The molecule has 1 aliphatic heterocycles. The zero-order valence-corrected chi connectivity index (χ0v) is 12.8. The van der Waals surface area contributed by atoms with E-state index in [2.05, 4.69) is 16.8 Å². The van der Waals surface area contributed by atoms with Crippen LogP contribution in [-0.4, -0.2) is 13.1 Å². The monoisotopic (exact) mass is 307 g/mol. The molecule has 1 saturated heterocycles. The van der Waals surface area contributed by atoms with E-state index in [0.717, 1.165) is 18.8 Å². The lowest BCUT2D eigenvalue weighted by Crippen LogP contribution is -2.26. The second-order valence-electron chi connectivity index (χ2n) is 5.07. The Bertz CT molecular complexity index is 563. The predicted molar refractivity (Wildman–Crippen MR) is 84.9 cm³/mol. The van der Waals surface area contributed by atoms with Crippen molar-refractivity contribution in [2.24, 2.45) is 0 Å². The van der Waals surface area contributed by atoms with E-state index in [1.165, 1.54) is 23.3 Å². The summed E-state index contributed by atoms with van der Waals surface area (Å²) in [6.07, 6.45) is 2.45. The molecule has 106 valence electrons. The van der Waals surface area contributed by atoms with Gasteiger partial charge in [0, 0.05) is 9.90 Å². The van der Waals surface area contributed by atoms with E-state index in [1.54, 1.807) is 11.3 Å². The molecule has 0 amide bonds. The van der Waals surface area contributed by atoms with Gasteiger partial charge < -0.3 is 10.1 Å². The lowest BCUT2D eigenvalue weighted by atomic mass is 9.91. The molecule has 2 heterocycles. The smallest absolute Gasteiger partial charge is 0.123 e. The van der Waals surface area contributed by atoms with Gasteiger partial charge in [-0.2, -0.15) is 0 Å². The Labute approximate surface area is 128 Å². The van der Waals surface area contributed by atoms with Gasteiger partial charge in [-0.05, 0) is 67.1 Å². The van der Waals surface area contributed by atoms with Gasteiger partial charge in [-0.15, -0.1) is 11.3 Å². The van der Waals surface area contributed by atoms with Crippen LogP contribution >= 0.6 is 22.9 Å². The minimum atomic E-state index is 0.636. The number of hydrogen-bond donors (Lipinski definition) is 1. The van der Waals surface area contributed by atoms with Gasteiger partial charge in [-0.3, -0.25) is 0 Å². The Kier molecular flexibility index (Phi) is 4.61. The van der Waals surface area contributed by atoms with Crippen LogP contribution in [0, 0.1) is 0 Å². The number of piperidine rings is 1. The zero-order chi connectivity index (χ0) is 13.8. The van der Waals surface area contributed by atoms with Crippen LogP contribution in [-0.2, 0) is 6.61 Å². The number of hydrogen-bond acceptors (Lipinski definition) is 3.